The highest BCUT2D eigenvalue weighted by Gasteiger charge is 2.52. The molecule has 0 spiro atoms. The van der Waals surface area contributed by atoms with Crippen LogP contribution in [0.5, 0.6) is 0 Å². The summed E-state index contributed by atoms with van der Waals surface area (Å²) in [5.74, 6) is 0.851. The monoisotopic (exact) mass is 169 g/mol. The largest absolute Gasteiger partial charge is 0.353 e. The zero-order chi connectivity index (χ0) is 9.35. The van der Waals surface area contributed by atoms with Gasteiger partial charge >= 0.3 is 0 Å². The fraction of sp³-hybridized carbons (Fsp3) is 0.900. The first-order valence-electron chi connectivity index (χ1n) is 4.80. The molecule has 0 aromatic heterocycles. The molecule has 1 saturated carbocycles. The van der Waals surface area contributed by atoms with Crippen molar-refractivity contribution < 1.29 is 4.79 Å². The third-order valence-electron chi connectivity index (χ3n) is 3.26. The van der Waals surface area contributed by atoms with Gasteiger partial charge in [0.1, 0.15) is 0 Å². The van der Waals surface area contributed by atoms with Gasteiger partial charge in [-0.05, 0) is 17.8 Å². The van der Waals surface area contributed by atoms with Gasteiger partial charge in [0.2, 0.25) is 5.91 Å². The van der Waals surface area contributed by atoms with E-state index in [4.69, 9.17) is 0 Å². The van der Waals surface area contributed by atoms with Crippen LogP contribution in [-0.4, -0.2) is 11.9 Å². The number of amides is 1. The minimum atomic E-state index is 0.185. The van der Waals surface area contributed by atoms with Crippen LogP contribution in [0.1, 0.15) is 40.5 Å². The highest BCUT2D eigenvalue weighted by molar-refractivity contribution is 5.76. The van der Waals surface area contributed by atoms with E-state index in [-0.39, 0.29) is 5.91 Å². The second-order valence-corrected chi connectivity index (χ2v) is 4.34. The van der Waals surface area contributed by atoms with E-state index in [1.807, 2.05) is 6.92 Å². The summed E-state index contributed by atoms with van der Waals surface area (Å²) in [6.07, 6.45) is 1.75. The molecule has 2 nitrogen and oxygen atoms in total. The summed E-state index contributed by atoms with van der Waals surface area (Å²) in [5, 5.41) is 3.04. The third-order valence-corrected chi connectivity index (χ3v) is 3.26. The molecule has 0 aromatic rings. The fourth-order valence-electron chi connectivity index (χ4n) is 1.53. The molecule has 0 aliphatic heterocycles. The van der Waals surface area contributed by atoms with Crippen molar-refractivity contribution in [2.45, 2.75) is 46.6 Å². The Hall–Kier alpha value is -0.530. The normalized spacial score (nSPS) is 33.6. The Labute approximate surface area is 74.7 Å². The van der Waals surface area contributed by atoms with Gasteiger partial charge in [-0.15, -0.1) is 0 Å². The maximum Gasteiger partial charge on any atom is 0.219 e. The molecule has 1 N–H and O–H groups in total. The average molecular weight is 169 g/mol. The molecule has 1 aliphatic rings. The van der Waals surface area contributed by atoms with Gasteiger partial charge in [-0.1, -0.05) is 27.7 Å². The van der Waals surface area contributed by atoms with E-state index in [0.717, 1.165) is 6.42 Å². The Kier molecular flexibility index (Phi) is 2.45. The van der Waals surface area contributed by atoms with E-state index in [9.17, 15) is 4.79 Å². The summed E-state index contributed by atoms with van der Waals surface area (Å²) >= 11 is 0. The van der Waals surface area contributed by atoms with Crippen molar-refractivity contribution in [1.29, 1.82) is 0 Å². The summed E-state index contributed by atoms with van der Waals surface area (Å²) in [6.45, 7) is 8.58. The van der Waals surface area contributed by atoms with Gasteiger partial charge in [-0.25, -0.2) is 0 Å². The lowest BCUT2D eigenvalue weighted by molar-refractivity contribution is -0.121. The quantitative estimate of drug-likeness (QED) is 0.687. The van der Waals surface area contributed by atoms with Crippen LogP contribution in [0.2, 0.25) is 0 Å². The Morgan fingerprint density at radius 3 is 2.58 bits per heavy atom. The van der Waals surface area contributed by atoms with Crippen LogP contribution in [0.25, 0.3) is 0 Å². The van der Waals surface area contributed by atoms with Gasteiger partial charge in [0.25, 0.3) is 0 Å². The number of carbonyl (C=O) groups is 1. The summed E-state index contributed by atoms with van der Waals surface area (Å²) in [4.78, 5) is 11.1. The maximum absolute atomic E-state index is 11.1. The highest BCUT2D eigenvalue weighted by Crippen LogP contribution is 2.51. The Bertz CT molecular complexity index is 188. The van der Waals surface area contributed by atoms with Crippen LogP contribution in [0.4, 0.5) is 0 Å². The maximum atomic E-state index is 11.1. The van der Waals surface area contributed by atoms with Crippen molar-refractivity contribution in [1.82, 2.24) is 5.32 Å². The molecular weight excluding hydrogens is 150 g/mol. The third kappa shape index (κ3) is 1.62. The lowest BCUT2D eigenvalue weighted by Gasteiger charge is -2.15. The summed E-state index contributed by atoms with van der Waals surface area (Å²) in [6, 6.07) is 0.435. The summed E-state index contributed by atoms with van der Waals surface area (Å²) in [7, 11) is 0. The van der Waals surface area contributed by atoms with Crippen molar-refractivity contribution in [3.05, 3.63) is 0 Å². The van der Waals surface area contributed by atoms with E-state index in [2.05, 4.69) is 26.1 Å². The lowest BCUT2D eigenvalue weighted by Crippen LogP contribution is -2.29. The molecule has 0 radical (unpaired) electrons. The first-order chi connectivity index (χ1) is 5.50. The average Bonchev–Trinajstić information content (AvgIpc) is 2.63. The first kappa shape index (κ1) is 9.56. The highest BCUT2D eigenvalue weighted by atomic mass is 16.1. The van der Waals surface area contributed by atoms with Crippen molar-refractivity contribution in [2.24, 2.45) is 11.3 Å². The molecule has 0 bridgehead atoms. The van der Waals surface area contributed by atoms with E-state index in [1.165, 1.54) is 0 Å². The molecule has 0 aromatic carbocycles. The van der Waals surface area contributed by atoms with Crippen molar-refractivity contribution in [3.63, 3.8) is 0 Å². The number of hydrogen-bond donors (Lipinski definition) is 1. The number of carbonyl (C=O) groups excluding carboxylic acids is 1. The van der Waals surface area contributed by atoms with E-state index in [1.54, 1.807) is 0 Å². The van der Waals surface area contributed by atoms with Crippen molar-refractivity contribution in [3.8, 4) is 0 Å². The lowest BCUT2D eigenvalue weighted by atomic mass is 9.94. The molecule has 1 amide bonds. The summed E-state index contributed by atoms with van der Waals surface area (Å²) < 4.78 is 0. The van der Waals surface area contributed by atoms with Gasteiger partial charge in [-0.3, -0.25) is 4.79 Å². The second kappa shape index (κ2) is 3.08. The van der Waals surface area contributed by atoms with Gasteiger partial charge in [0.15, 0.2) is 0 Å². The number of hydrogen-bond acceptors (Lipinski definition) is 1. The van der Waals surface area contributed by atoms with Crippen LogP contribution in [0.3, 0.4) is 0 Å². The topological polar surface area (TPSA) is 29.1 Å². The van der Waals surface area contributed by atoms with Crippen LogP contribution >= 0.6 is 0 Å². The Morgan fingerprint density at radius 1 is 1.67 bits per heavy atom. The minimum Gasteiger partial charge on any atom is -0.353 e. The standard InChI is InChI=1S/C10H19NO/c1-5-9(12)11-8-6-10(8,4)7(2)3/h7-8H,5-6H2,1-4H3,(H,11,12). The fourth-order valence-corrected chi connectivity index (χ4v) is 1.53. The molecule has 70 valence electrons. The Morgan fingerprint density at radius 2 is 2.25 bits per heavy atom. The van der Waals surface area contributed by atoms with E-state index < -0.39 is 0 Å². The van der Waals surface area contributed by atoms with Crippen LogP contribution < -0.4 is 5.32 Å². The molecule has 2 atom stereocenters. The zero-order valence-corrected chi connectivity index (χ0v) is 8.48. The molecule has 1 aliphatic carbocycles. The SMILES string of the molecule is CCC(=O)NC1CC1(C)C(C)C. The van der Waals surface area contributed by atoms with Crippen molar-refractivity contribution >= 4 is 5.91 Å². The van der Waals surface area contributed by atoms with Gasteiger partial charge < -0.3 is 5.32 Å². The van der Waals surface area contributed by atoms with Gasteiger partial charge in [0, 0.05) is 12.5 Å². The number of nitrogens with one attached hydrogen (secondary N) is 1. The van der Waals surface area contributed by atoms with Gasteiger partial charge in [0.05, 0.1) is 0 Å². The predicted octanol–water partition coefficient (Wildman–Crippen LogP) is 1.95. The Balaban J connectivity index is 2.37. The minimum absolute atomic E-state index is 0.185. The van der Waals surface area contributed by atoms with Gasteiger partial charge in [-0.2, -0.15) is 0 Å². The first-order valence-corrected chi connectivity index (χ1v) is 4.80. The predicted molar refractivity (Wildman–Crippen MR) is 49.8 cm³/mol. The molecular formula is C10H19NO. The molecule has 2 heteroatoms. The second-order valence-electron chi connectivity index (χ2n) is 4.34. The molecule has 0 heterocycles. The molecule has 2 unspecified atom stereocenters. The zero-order valence-electron chi connectivity index (χ0n) is 8.48. The molecule has 0 saturated heterocycles. The van der Waals surface area contributed by atoms with Crippen LogP contribution in [0, 0.1) is 11.3 Å². The van der Waals surface area contributed by atoms with E-state index in [0.29, 0.717) is 23.8 Å². The van der Waals surface area contributed by atoms with E-state index >= 15 is 0 Å². The summed E-state index contributed by atoms with van der Waals surface area (Å²) in [5.41, 5.74) is 0.366. The molecule has 1 fully saturated rings. The van der Waals surface area contributed by atoms with Crippen LogP contribution in [-0.2, 0) is 4.79 Å². The van der Waals surface area contributed by atoms with Crippen LogP contribution in [0.15, 0.2) is 0 Å². The molecule has 1 rings (SSSR count). The van der Waals surface area contributed by atoms with Crippen molar-refractivity contribution in [2.75, 3.05) is 0 Å². The smallest absolute Gasteiger partial charge is 0.219 e. The number of rotatable bonds is 3. The molecule has 12 heavy (non-hydrogen) atoms.